The minimum atomic E-state index is -0.307. The van der Waals surface area contributed by atoms with Gasteiger partial charge in [0.2, 0.25) is 5.91 Å². The zero-order valence-electron chi connectivity index (χ0n) is 16.9. The summed E-state index contributed by atoms with van der Waals surface area (Å²) < 4.78 is 14.2. The van der Waals surface area contributed by atoms with Gasteiger partial charge in [0, 0.05) is 18.1 Å². The van der Waals surface area contributed by atoms with Crippen molar-refractivity contribution in [2.75, 3.05) is 31.1 Å². The molecule has 0 aliphatic rings. The maximum Gasteiger partial charge on any atom is 0.233 e. The molecule has 0 N–H and O–H groups in total. The van der Waals surface area contributed by atoms with Crippen molar-refractivity contribution in [1.29, 1.82) is 0 Å². The van der Waals surface area contributed by atoms with Crippen LogP contribution in [-0.4, -0.2) is 42.0 Å². The number of aromatic nitrogens is 1. The number of carbonyl (C=O) groups is 1. The van der Waals surface area contributed by atoms with E-state index >= 15 is 0 Å². The van der Waals surface area contributed by atoms with Crippen LogP contribution in [-0.2, 0) is 11.2 Å². The van der Waals surface area contributed by atoms with Crippen molar-refractivity contribution in [1.82, 2.24) is 9.88 Å². The molecule has 0 atom stereocenters. The fourth-order valence-electron chi connectivity index (χ4n) is 3.24. The zero-order chi connectivity index (χ0) is 21.0. The van der Waals surface area contributed by atoms with E-state index in [0.29, 0.717) is 16.7 Å². The number of fused-ring (bicyclic) bond motifs is 1. The molecule has 29 heavy (non-hydrogen) atoms. The number of thiazole rings is 1. The van der Waals surface area contributed by atoms with Gasteiger partial charge in [0.1, 0.15) is 5.82 Å². The minimum Gasteiger partial charge on any atom is -0.302 e. The molecule has 1 amide bonds. The van der Waals surface area contributed by atoms with Crippen molar-refractivity contribution < 1.29 is 9.18 Å². The Kier molecular flexibility index (Phi) is 7.22. The van der Waals surface area contributed by atoms with Gasteiger partial charge in [-0.05, 0) is 55.4 Å². The van der Waals surface area contributed by atoms with Gasteiger partial charge in [0.05, 0.1) is 16.6 Å². The quantitative estimate of drug-likeness (QED) is 0.482. The normalized spacial score (nSPS) is 11.4. The first-order valence-electron chi connectivity index (χ1n) is 9.75. The molecule has 0 aliphatic carbocycles. The Morgan fingerprint density at radius 3 is 2.48 bits per heavy atom. The van der Waals surface area contributed by atoms with Gasteiger partial charge >= 0.3 is 0 Å². The van der Waals surface area contributed by atoms with Gasteiger partial charge in [-0.3, -0.25) is 9.69 Å². The van der Waals surface area contributed by atoms with E-state index in [4.69, 9.17) is 16.6 Å². The topological polar surface area (TPSA) is 36.4 Å². The molecule has 0 bridgehead atoms. The number of aryl methyl sites for hydroxylation is 1. The zero-order valence-corrected chi connectivity index (χ0v) is 18.5. The molecule has 4 nitrogen and oxygen atoms in total. The molecule has 0 radical (unpaired) electrons. The highest BCUT2D eigenvalue weighted by atomic mass is 35.5. The average molecular weight is 434 g/mol. The third-order valence-corrected chi connectivity index (χ3v) is 6.22. The fourth-order valence-corrected chi connectivity index (χ4v) is 4.70. The Morgan fingerprint density at radius 2 is 1.83 bits per heavy atom. The van der Waals surface area contributed by atoms with Crippen LogP contribution in [0.1, 0.15) is 25.0 Å². The van der Waals surface area contributed by atoms with Crippen LogP contribution in [0.3, 0.4) is 0 Å². The number of benzene rings is 2. The van der Waals surface area contributed by atoms with Crippen LogP contribution in [0.5, 0.6) is 0 Å². The van der Waals surface area contributed by atoms with Crippen LogP contribution in [0.25, 0.3) is 10.2 Å². The van der Waals surface area contributed by atoms with E-state index in [1.165, 1.54) is 23.5 Å². The van der Waals surface area contributed by atoms with E-state index in [1.54, 1.807) is 17.0 Å². The molecule has 3 aromatic rings. The Bertz CT molecular complexity index is 986. The van der Waals surface area contributed by atoms with Crippen molar-refractivity contribution in [3.8, 4) is 0 Å². The van der Waals surface area contributed by atoms with Crippen LogP contribution < -0.4 is 4.90 Å². The SMILES string of the molecule is CCN(CC)CCN(C(=O)Cc1ccc(F)cc1)c1nc2c(C)cc(Cl)cc2s1. The largest absolute Gasteiger partial charge is 0.302 e. The average Bonchev–Trinajstić information content (AvgIpc) is 3.11. The molecule has 0 saturated carbocycles. The number of anilines is 1. The number of nitrogens with zero attached hydrogens (tertiary/aromatic N) is 3. The summed E-state index contributed by atoms with van der Waals surface area (Å²) in [6, 6.07) is 9.83. The molecule has 0 spiro atoms. The lowest BCUT2D eigenvalue weighted by atomic mass is 10.1. The number of amides is 1. The van der Waals surface area contributed by atoms with Gasteiger partial charge in [-0.2, -0.15) is 0 Å². The van der Waals surface area contributed by atoms with Crippen molar-refractivity contribution >= 4 is 44.2 Å². The van der Waals surface area contributed by atoms with Gasteiger partial charge in [-0.15, -0.1) is 0 Å². The monoisotopic (exact) mass is 433 g/mol. The third-order valence-electron chi connectivity index (χ3n) is 4.97. The second-order valence-corrected chi connectivity index (χ2v) is 8.39. The summed E-state index contributed by atoms with van der Waals surface area (Å²) >= 11 is 7.67. The molecular weight excluding hydrogens is 409 g/mol. The van der Waals surface area contributed by atoms with Gasteiger partial charge in [0.25, 0.3) is 0 Å². The Balaban J connectivity index is 1.90. The molecular formula is C22H25ClFN3OS. The van der Waals surface area contributed by atoms with Crippen LogP contribution in [0.15, 0.2) is 36.4 Å². The number of carbonyl (C=O) groups excluding carboxylic acids is 1. The second-order valence-electron chi connectivity index (χ2n) is 6.94. The number of hydrogen-bond acceptors (Lipinski definition) is 4. The van der Waals surface area contributed by atoms with Crippen molar-refractivity contribution in [3.05, 3.63) is 58.4 Å². The molecule has 7 heteroatoms. The lowest BCUT2D eigenvalue weighted by Crippen LogP contribution is -2.39. The Hall–Kier alpha value is -2.02. The van der Waals surface area contributed by atoms with E-state index in [-0.39, 0.29) is 18.1 Å². The van der Waals surface area contributed by atoms with Crippen LogP contribution in [0, 0.1) is 12.7 Å². The summed E-state index contributed by atoms with van der Waals surface area (Å²) in [6.45, 7) is 9.34. The lowest BCUT2D eigenvalue weighted by molar-refractivity contribution is -0.118. The Morgan fingerprint density at radius 1 is 1.14 bits per heavy atom. The molecule has 2 aromatic carbocycles. The van der Waals surface area contributed by atoms with Crippen LogP contribution >= 0.6 is 22.9 Å². The summed E-state index contributed by atoms with van der Waals surface area (Å²) in [7, 11) is 0. The lowest BCUT2D eigenvalue weighted by Gasteiger charge is -2.24. The highest BCUT2D eigenvalue weighted by Crippen LogP contribution is 2.33. The van der Waals surface area contributed by atoms with E-state index in [1.807, 2.05) is 19.1 Å². The first-order valence-corrected chi connectivity index (χ1v) is 10.9. The van der Waals surface area contributed by atoms with Gasteiger partial charge in [-0.1, -0.05) is 48.9 Å². The first-order chi connectivity index (χ1) is 13.9. The standard InChI is InChI=1S/C22H25ClFN3OS/c1-4-26(5-2)10-11-27(20(28)13-16-6-8-18(24)9-7-16)22-25-21-15(3)12-17(23)14-19(21)29-22/h6-9,12,14H,4-5,10-11,13H2,1-3H3. The number of halogens is 2. The Labute approximate surface area is 179 Å². The first kappa shape index (κ1) is 21.7. The summed E-state index contributed by atoms with van der Waals surface area (Å²) in [5.74, 6) is -0.357. The maximum atomic E-state index is 13.2. The van der Waals surface area contributed by atoms with Crippen molar-refractivity contribution in [2.24, 2.45) is 0 Å². The highest BCUT2D eigenvalue weighted by molar-refractivity contribution is 7.22. The van der Waals surface area contributed by atoms with E-state index < -0.39 is 0 Å². The summed E-state index contributed by atoms with van der Waals surface area (Å²) in [4.78, 5) is 21.9. The van der Waals surface area contributed by atoms with E-state index in [9.17, 15) is 9.18 Å². The molecule has 3 rings (SSSR count). The second kappa shape index (κ2) is 9.65. The molecule has 1 aromatic heterocycles. The highest BCUT2D eigenvalue weighted by Gasteiger charge is 2.21. The van der Waals surface area contributed by atoms with Crippen LogP contribution in [0.4, 0.5) is 9.52 Å². The molecule has 0 saturated heterocycles. The summed E-state index contributed by atoms with van der Waals surface area (Å²) in [6.07, 6.45) is 0.203. The molecule has 0 fully saturated rings. The fraction of sp³-hybridized carbons (Fsp3) is 0.364. The number of likely N-dealkylation sites (N-methyl/N-ethyl adjacent to an activating group) is 1. The van der Waals surface area contributed by atoms with E-state index in [2.05, 4.69) is 18.7 Å². The molecule has 0 unspecified atom stereocenters. The maximum absolute atomic E-state index is 13.2. The van der Waals surface area contributed by atoms with Gasteiger partial charge in [-0.25, -0.2) is 9.37 Å². The smallest absolute Gasteiger partial charge is 0.233 e. The third kappa shape index (κ3) is 5.32. The predicted octanol–water partition coefficient (Wildman–Crippen LogP) is 5.31. The van der Waals surface area contributed by atoms with Gasteiger partial charge in [0.15, 0.2) is 5.13 Å². The molecule has 0 aliphatic heterocycles. The van der Waals surface area contributed by atoms with Gasteiger partial charge < -0.3 is 4.90 Å². The minimum absolute atomic E-state index is 0.0495. The van der Waals surface area contributed by atoms with Crippen molar-refractivity contribution in [3.63, 3.8) is 0 Å². The van der Waals surface area contributed by atoms with Crippen molar-refractivity contribution in [2.45, 2.75) is 27.2 Å². The van der Waals surface area contributed by atoms with Crippen LogP contribution in [0.2, 0.25) is 5.02 Å². The summed E-state index contributed by atoms with van der Waals surface area (Å²) in [5, 5.41) is 1.34. The predicted molar refractivity (Wildman–Crippen MR) is 120 cm³/mol. The molecule has 154 valence electrons. The summed E-state index contributed by atoms with van der Waals surface area (Å²) in [5.41, 5.74) is 2.64. The number of hydrogen-bond donors (Lipinski definition) is 0. The molecule has 1 heterocycles. The van der Waals surface area contributed by atoms with E-state index in [0.717, 1.165) is 41.0 Å². The number of rotatable bonds is 8.